The highest BCUT2D eigenvalue weighted by atomic mass is 35.5. The van der Waals surface area contributed by atoms with E-state index in [0.29, 0.717) is 20.8 Å². The molecular formula is C32H23ClF4N2O3S. The molecule has 0 fully saturated rings. The zero-order valence-corrected chi connectivity index (χ0v) is 23.9. The third kappa shape index (κ3) is 6.30. The van der Waals surface area contributed by atoms with Gasteiger partial charge < -0.3 is 9.47 Å². The Labute approximate surface area is 252 Å². The van der Waals surface area contributed by atoms with Crippen LogP contribution in [0.4, 0.5) is 17.6 Å². The maximum Gasteiger partial charge on any atom is 0.387 e. The minimum Gasteiger partial charge on any atom is -0.435 e. The van der Waals surface area contributed by atoms with Crippen LogP contribution >= 0.6 is 22.9 Å². The lowest BCUT2D eigenvalue weighted by Crippen LogP contribution is -2.39. The number of nitrogens with zero attached hydrogens (tertiary/aromatic N) is 2. The smallest absolute Gasteiger partial charge is 0.387 e. The van der Waals surface area contributed by atoms with Crippen molar-refractivity contribution in [1.29, 1.82) is 0 Å². The minimum atomic E-state index is -2.95. The van der Waals surface area contributed by atoms with Crippen molar-refractivity contribution in [3.63, 3.8) is 0 Å². The lowest BCUT2D eigenvalue weighted by atomic mass is 9.84. The summed E-state index contributed by atoms with van der Waals surface area (Å²) in [7, 11) is 0. The number of hydrogen-bond acceptors (Lipinski definition) is 5. The summed E-state index contributed by atoms with van der Waals surface area (Å²) < 4.78 is 62.0. The molecule has 0 saturated heterocycles. The van der Waals surface area contributed by atoms with Gasteiger partial charge in [-0.3, -0.25) is 9.36 Å². The molecule has 0 bridgehead atoms. The fourth-order valence-electron chi connectivity index (χ4n) is 5.35. The predicted molar refractivity (Wildman–Crippen MR) is 158 cm³/mol. The van der Waals surface area contributed by atoms with Crippen molar-refractivity contribution in [2.75, 3.05) is 0 Å². The summed E-state index contributed by atoms with van der Waals surface area (Å²) in [5, 5.41) is 0.584. The van der Waals surface area contributed by atoms with Gasteiger partial charge in [-0.2, -0.15) is 17.6 Å². The Morgan fingerprint density at radius 3 is 2.05 bits per heavy atom. The monoisotopic (exact) mass is 626 g/mol. The molecule has 2 aliphatic rings. The first kappa shape index (κ1) is 28.9. The molecule has 4 aromatic rings. The van der Waals surface area contributed by atoms with E-state index in [-0.39, 0.29) is 17.1 Å². The highest BCUT2D eigenvalue weighted by Gasteiger charge is 2.32. The van der Waals surface area contributed by atoms with E-state index >= 15 is 0 Å². The average molecular weight is 627 g/mol. The molecule has 2 heterocycles. The molecule has 1 aliphatic carbocycles. The Hall–Kier alpha value is -4.15. The molecule has 0 amide bonds. The van der Waals surface area contributed by atoms with Crippen LogP contribution in [0, 0.1) is 0 Å². The van der Waals surface area contributed by atoms with Crippen molar-refractivity contribution < 1.29 is 27.0 Å². The van der Waals surface area contributed by atoms with Crippen molar-refractivity contribution >= 4 is 35.1 Å². The zero-order chi connectivity index (χ0) is 30.1. The fourth-order valence-corrected chi connectivity index (χ4v) is 6.47. The lowest BCUT2D eigenvalue weighted by molar-refractivity contribution is -0.0505. The molecule has 0 spiro atoms. The van der Waals surface area contributed by atoms with Crippen LogP contribution in [0.25, 0.3) is 12.2 Å². The standard InChI is InChI=1S/C32H23ClF4N2O3S/c33-22-10-4-19(5-11-22)17-26-29(40)39-28(20-8-14-24(15-9-20)42-31(36)37)25-3-1-2-21(27(25)38-32(39)43-26)16-18-6-12-23(13-7-18)41-30(34)35/h4-17,28,30-31H,1-3H2/b21-16+,26-17+/t28-/m0/s1. The van der Waals surface area contributed by atoms with E-state index in [1.807, 2.05) is 18.2 Å². The van der Waals surface area contributed by atoms with Crippen LogP contribution in [0.15, 0.2) is 99.4 Å². The van der Waals surface area contributed by atoms with Gasteiger partial charge in [-0.05, 0) is 95.6 Å². The number of fused-ring (bicyclic) bond motifs is 1. The number of rotatable bonds is 7. The fraction of sp³-hybridized carbons (Fsp3) is 0.188. The second-order valence-electron chi connectivity index (χ2n) is 9.93. The minimum absolute atomic E-state index is 0.0200. The first-order valence-electron chi connectivity index (χ1n) is 13.4. The summed E-state index contributed by atoms with van der Waals surface area (Å²) in [6.07, 6.45) is 5.95. The summed E-state index contributed by atoms with van der Waals surface area (Å²) in [6, 6.07) is 19.3. The molecule has 5 nitrogen and oxygen atoms in total. The third-order valence-corrected chi connectivity index (χ3v) is 8.40. The van der Waals surface area contributed by atoms with Crippen molar-refractivity contribution in [2.24, 2.45) is 4.99 Å². The predicted octanol–water partition coefficient (Wildman–Crippen LogP) is 7.34. The van der Waals surface area contributed by atoms with Crippen LogP contribution in [0.1, 0.15) is 42.0 Å². The molecule has 11 heteroatoms. The first-order valence-corrected chi connectivity index (χ1v) is 14.6. The van der Waals surface area contributed by atoms with Crippen molar-refractivity contribution in [3.8, 4) is 11.5 Å². The number of ether oxygens (including phenoxy) is 2. The number of thiazole rings is 1. The molecule has 0 radical (unpaired) electrons. The Kier molecular flexibility index (Phi) is 8.23. The van der Waals surface area contributed by atoms with E-state index in [1.54, 1.807) is 47.0 Å². The van der Waals surface area contributed by atoms with E-state index < -0.39 is 19.3 Å². The summed E-state index contributed by atoms with van der Waals surface area (Å²) in [5.74, 6) is 0.0843. The molecule has 0 unspecified atom stereocenters. The maximum absolute atomic E-state index is 13.9. The molecule has 43 heavy (non-hydrogen) atoms. The third-order valence-electron chi connectivity index (χ3n) is 7.17. The molecule has 6 rings (SSSR count). The molecule has 1 aromatic heterocycles. The number of alkyl halides is 4. The average Bonchev–Trinajstić information content (AvgIpc) is 3.28. The lowest BCUT2D eigenvalue weighted by Gasteiger charge is -2.31. The number of hydrogen-bond donors (Lipinski definition) is 0. The maximum atomic E-state index is 13.9. The van der Waals surface area contributed by atoms with Gasteiger partial charge >= 0.3 is 13.2 Å². The van der Waals surface area contributed by atoms with Gasteiger partial charge in [0.25, 0.3) is 5.56 Å². The topological polar surface area (TPSA) is 52.8 Å². The van der Waals surface area contributed by atoms with Gasteiger partial charge in [0.15, 0.2) is 4.80 Å². The van der Waals surface area contributed by atoms with Crippen LogP contribution in [0.2, 0.25) is 5.02 Å². The number of allylic oxidation sites excluding steroid dienone is 2. The number of aromatic nitrogens is 1. The molecule has 220 valence electrons. The van der Waals surface area contributed by atoms with Crippen LogP contribution in [-0.2, 0) is 0 Å². The van der Waals surface area contributed by atoms with E-state index in [2.05, 4.69) is 9.47 Å². The van der Waals surface area contributed by atoms with E-state index in [9.17, 15) is 22.4 Å². The van der Waals surface area contributed by atoms with Gasteiger partial charge in [0.2, 0.25) is 0 Å². The summed E-state index contributed by atoms with van der Waals surface area (Å²) >= 11 is 7.30. The Morgan fingerprint density at radius 2 is 1.42 bits per heavy atom. The molecule has 0 N–H and O–H groups in total. The van der Waals surface area contributed by atoms with Crippen molar-refractivity contribution in [2.45, 2.75) is 38.5 Å². The normalized spacial score (nSPS) is 17.7. The summed E-state index contributed by atoms with van der Waals surface area (Å²) in [5.41, 5.74) is 4.76. The SMILES string of the molecule is O=c1/c(=C\c2ccc(Cl)cc2)sc2n1[C@@H](c1ccc(OC(F)F)cc1)C1=C(N=2)/C(=C/c2ccc(OC(F)F)cc2)CCC1. The molecule has 0 saturated carbocycles. The van der Waals surface area contributed by atoms with Gasteiger partial charge in [-0.15, -0.1) is 0 Å². The van der Waals surface area contributed by atoms with Crippen LogP contribution < -0.4 is 24.4 Å². The Morgan fingerprint density at radius 1 is 0.837 bits per heavy atom. The van der Waals surface area contributed by atoms with E-state index in [0.717, 1.165) is 46.4 Å². The van der Waals surface area contributed by atoms with E-state index in [4.69, 9.17) is 16.6 Å². The van der Waals surface area contributed by atoms with Crippen LogP contribution in [0.5, 0.6) is 11.5 Å². The molecular weight excluding hydrogens is 604 g/mol. The first-order chi connectivity index (χ1) is 20.7. The van der Waals surface area contributed by atoms with E-state index in [1.165, 1.54) is 35.6 Å². The van der Waals surface area contributed by atoms with Gasteiger partial charge in [0, 0.05) is 5.02 Å². The second kappa shape index (κ2) is 12.2. The molecule has 1 atom stereocenters. The number of benzene rings is 3. The second-order valence-corrected chi connectivity index (χ2v) is 11.4. The van der Waals surface area contributed by atoms with Gasteiger partial charge in [0.05, 0.1) is 16.3 Å². The quantitative estimate of drug-likeness (QED) is 0.202. The van der Waals surface area contributed by atoms with Gasteiger partial charge in [0.1, 0.15) is 11.5 Å². The molecule has 3 aromatic carbocycles. The highest BCUT2D eigenvalue weighted by Crippen LogP contribution is 2.41. The van der Waals surface area contributed by atoms with Gasteiger partial charge in [-0.25, -0.2) is 4.99 Å². The summed E-state index contributed by atoms with van der Waals surface area (Å²) in [6.45, 7) is -5.86. The Balaban J connectivity index is 1.49. The Bertz CT molecular complexity index is 1880. The highest BCUT2D eigenvalue weighted by molar-refractivity contribution is 7.07. The zero-order valence-electron chi connectivity index (χ0n) is 22.4. The largest absolute Gasteiger partial charge is 0.435 e. The van der Waals surface area contributed by atoms with Crippen LogP contribution in [-0.4, -0.2) is 17.8 Å². The molecule has 1 aliphatic heterocycles. The van der Waals surface area contributed by atoms with Crippen LogP contribution in [0.3, 0.4) is 0 Å². The van der Waals surface area contributed by atoms with Gasteiger partial charge in [-0.1, -0.05) is 59.3 Å². The summed E-state index contributed by atoms with van der Waals surface area (Å²) in [4.78, 5) is 19.4. The van der Waals surface area contributed by atoms with Crippen molar-refractivity contribution in [3.05, 3.63) is 131 Å². The van der Waals surface area contributed by atoms with Crippen molar-refractivity contribution in [1.82, 2.24) is 4.57 Å². The number of halogens is 5.